The molecule has 4 rings (SSSR count). The van der Waals surface area contributed by atoms with Gasteiger partial charge in [-0.25, -0.2) is 9.97 Å². The van der Waals surface area contributed by atoms with Crippen molar-refractivity contribution >= 4 is 22.5 Å². The first-order valence-corrected chi connectivity index (χ1v) is 9.24. The number of nitrogens with two attached hydrogens (primary N) is 1. The molecule has 0 saturated carbocycles. The van der Waals surface area contributed by atoms with Crippen molar-refractivity contribution in [2.75, 3.05) is 18.9 Å². The van der Waals surface area contributed by atoms with Gasteiger partial charge in [0.05, 0.1) is 35.6 Å². The summed E-state index contributed by atoms with van der Waals surface area (Å²) < 4.78 is 5.70. The standard InChI is InChI=1S/C21H22N4O2/c1-3-11-25-12-16-17(21(25)26)18(22)15-8-5-7-13(19(15)24-16)14-9-6-10-23-20(14)27-4-2/h5-10H,3-4,11-12H2,1-2H3,(H2,22,24). The van der Waals surface area contributed by atoms with E-state index in [1.807, 2.05) is 42.2 Å². The molecule has 1 amide bonds. The van der Waals surface area contributed by atoms with Crippen LogP contribution in [0.15, 0.2) is 36.5 Å². The number of anilines is 1. The maximum Gasteiger partial charge on any atom is 0.258 e. The van der Waals surface area contributed by atoms with Gasteiger partial charge in [-0.05, 0) is 25.5 Å². The van der Waals surface area contributed by atoms with Gasteiger partial charge in [-0.1, -0.05) is 25.1 Å². The second-order valence-corrected chi connectivity index (χ2v) is 6.56. The number of carbonyl (C=O) groups is 1. The Kier molecular flexibility index (Phi) is 4.39. The summed E-state index contributed by atoms with van der Waals surface area (Å²) in [5.74, 6) is 0.539. The number of pyridine rings is 2. The van der Waals surface area contributed by atoms with Crippen LogP contribution in [-0.4, -0.2) is 33.9 Å². The average molecular weight is 362 g/mol. The number of fused-ring (bicyclic) bond motifs is 2. The molecule has 0 bridgehead atoms. The largest absolute Gasteiger partial charge is 0.478 e. The molecule has 2 aromatic heterocycles. The van der Waals surface area contributed by atoms with Crippen LogP contribution in [0.1, 0.15) is 36.3 Å². The van der Waals surface area contributed by atoms with E-state index in [1.165, 1.54) is 0 Å². The first-order chi connectivity index (χ1) is 13.2. The molecule has 0 radical (unpaired) electrons. The SMILES string of the molecule is CCCN1Cc2nc3c(-c4cccnc4OCC)cccc3c(N)c2C1=O. The molecule has 3 heterocycles. The highest BCUT2D eigenvalue weighted by Gasteiger charge is 2.32. The van der Waals surface area contributed by atoms with Crippen LogP contribution in [-0.2, 0) is 6.54 Å². The summed E-state index contributed by atoms with van der Waals surface area (Å²) in [5, 5.41) is 0.782. The van der Waals surface area contributed by atoms with Crippen LogP contribution in [0, 0.1) is 0 Å². The van der Waals surface area contributed by atoms with Crippen molar-refractivity contribution in [3.8, 4) is 17.0 Å². The van der Waals surface area contributed by atoms with E-state index in [4.69, 9.17) is 15.5 Å². The van der Waals surface area contributed by atoms with Crippen LogP contribution in [0.25, 0.3) is 22.0 Å². The van der Waals surface area contributed by atoms with Crippen molar-refractivity contribution in [2.45, 2.75) is 26.8 Å². The predicted molar refractivity (Wildman–Crippen MR) is 106 cm³/mol. The predicted octanol–water partition coefficient (Wildman–Crippen LogP) is 3.64. The molecular formula is C21H22N4O2. The summed E-state index contributed by atoms with van der Waals surface area (Å²) >= 11 is 0. The summed E-state index contributed by atoms with van der Waals surface area (Å²) in [4.78, 5) is 23.7. The summed E-state index contributed by atoms with van der Waals surface area (Å²) in [6.07, 6.45) is 2.61. The Hall–Kier alpha value is -3.15. The van der Waals surface area contributed by atoms with Crippen LogP contribution in [0.3, 0.4) is 0 Å². The van der Waals surface area contributed by atoms with Gasteiger partial charge in [0.15, 0.2) is 0 Å². The number of amides is 1. The number of benzene rings is 1. The van der Waals surface area contributed by atoms with E-state index in [1.54, 1.807) is 6.20 Å². The quantitative estimate of drug-likeness (QED) is 0.749. The molecule has 0 unspecified atom stereocenters. The van der Waals surface area contributed by atoms with Crippen LogP contribution in [0.4, 0.5) is 5.69 Å². The lowest BCUT2D eigenvalue weighted by Crippen LogP contribution is -2.24. The van der Waals surface area contributed by atoms with Crippen LogP contribution >= 0.6 is 0 Å². The van der Waals surface area contributed by atoms with Crippen molar-refractivity contribution in [3.63, 3.8) is 0 Å². The molecule has 27 heavy (non-hydrogen) atoms. The van der Waals surface area contributed by atoms with Crippen molar-refractivity contribution in [1.82, 2.24) is 14.9 Å². The van der Waals surface area contributed by atoms with Crippen molar-refractivity contribution < 1.29 is 9.53 Å². The summed E-state index contributed by atoms with van der Waals surface area (Å²) in [5.41, 5.74) is 10.8. The van der Waals surface area contributed by atoms with Gasteiger partial charge in [-0.2, -0.15) is 0 Å². The van der Waals surface area contributed by atoms with Gasteiger partial charge in [0, 0.05) is 29.3 Å². The van der Waals surface area contributed by atoms with Crippen LogP contribution < -0.4 is 10.5 Å². The van der Waals surface area contributed by atoms with E-state index in [-0.39, 0.29) is 5.91 Å². The number of ether oxygens (including phenoxy) is 1. The average Bonchev–Trinajstić information content (AvgIpc) is 2.99. The molecule has 0 fully saturated rings. The number of para-hydroxylation sites is 1. The number of hydrogen-bond acceptors (Lipinski definition) is 5. The zero-order valence-corrected chi connectivity index (χ0v) is 15.5. The van der Waals surface area contributed by atoms with Gasteiger partial charge in [-0.3, -0.25) is 4.79 Å². The molecule has 0 atom stereocenters. The number of carbonyl (C=O) groups excluding carboxylic acids is 1. The van der Waals surface area contributed by atoms with Crippen molar-refractivity contribution in [3.05, 3.63) is 47.8 Å². The van der Waals surface area contributed by atoms with Crippen LogP contribution in [0.2, 0.25) is 0 Å². The smallest absolute Gasteiger partial charge is 0.258 e. The van der Waals surface area contributed by atoms with Gasteiger partial charge in [0.25, 0.3) is 5.91 Å². The second-order valence-electron chi connectivity index (χ2n) is 6.56. The third-order valence-electron chi connectivity index (χ3n) is 4.81. The lowest BCUT2D eigenvalue weighted by molar-refractivity contribution is 0.0779. The first kappa shape index (κ1) is 17.3. The number of nitrogens with zero attached hydrogens (tertiary/aromatic N) is 3. The van der Waals surface area contributed by atoms with Gasteiger partial charge < -0.3 is 15.4 Å². The molecule has 138 valence electrons. The second kappa shape index (κ2) is 6.87. The fraction of sp³-hybridized carbons (Fsp3) is 0.286. The minimum atomic E-state index is -0.0273. The first-order valence-electron chi connectivity index (χ1n) is 9.24. The molecule has 0 saturated heterocycles. The normalized spacial score (nSPS) is 13.3. The van der Waals surface area contributed by atoms with E-state index in [2.05, 4.69) is 11.9 Å². The summed E-state index contributed by atoms with van der Waals surface area (Å²) in [6, 6.07) is 9.66. The molecule has 6 nitrogen and oxygen atoms in total. The molecular weight excluding hydrogens is 340 g/mol. The molecule has 6 heteroatoms. The van der Waals surface area contributed by atoms with E-state index in [0.717, 1.165) is 34.1 Å². The Morgan fingerprint density at radius 2 is 2.00 bits per heavy atom. The highest BCUT2D eigenvalue weighted by atomic mass is 16.5. The summed E-state index contributed by atoms with van der Waals surface area (Å²) in [6.45, 7) is 5.72. The van der Waals surface area contributed by atoms with Gasteiger partial charge in [0.2, 0.25) is 5.88 Å². The highest BCUT2D eigenvalue weighted by Crippen LogP contribution is 2.38. The Labute approximate surface area is 158 Å². The zero-order valence-electron chi connectivity index (χ0n) is 15.5. The monoisotopic (exact) mass is 362 g/mol. The van der Waals surface area contributed by atoms with Crippen LogP contribution in [0.5, 0.6) is 5.88 Å². The molecule has 3 aromatic rings. The minimum absolute atomic E-state index is 0.0273. The maximum absolute atomic E-state index is 12.7. The van der Waals surface area contributed by atoms with E-state index in [0.29, 0.717) is 36.8 Å². The fourth-order valence-corrected chi connectivity index (χ4v) is 3.64. The third kappa shape index (κ3) is 2.77. The van der Waals surface area contributed by atoms with E-state index >= 15 is 0 Å². The fourth-order valence-electron chi connectivity index (χ4n) is 3.64. The van der Waals surface area contributed by atoms with Gasteiger partial charge in [0.1, 0.15) is 0 Å². The molecule has 2 N–H and O–H groups in total. The molecule has 1 aliphatic heterocycles. The zero-order chi connectivity index (χ0) is 19.0. The number of aromatic nitrogens is 2. The van der Waals surface area contributed by atoms with E-state index < -0.39 is 0 Å². The molecule has 0 spiro atoms. The van der Waals surface area contributed by atoms with Gasteiger partial charge in [-0.15, -0.1) is 0 Å². The topological polar surface area (TPSA) is 81.3 Å². The van der Waals surface area contributed by atoms with Crippen molar-refractivity contribution in [1.29, 1.82) is 0 Å². The van der Waals surface area contributed by atoms with Crippen molar-refractivity contribution in [2.24, 2.45) is 0 Å². The lowest BCUT2D eigenvalue weighted by Gasteiger charge is -2.13. The lowest BCUT2D eigenvalue weighted by atomic mass is 10.00. The maximum atomic E-state index is 12.7. The molecule has 1 aromatic carbocycles. The number of rotatable bonds is 5. The summed E-state index contributed by atoms with van der Waals surface area (Å²) in [7, 11) is 0. The van der Waals surface area contributed by atoms with E-state index in [9.17, 15) is 4.79 Å². The van der Waals surface area contributed by atoms with Gasteiger partial charge >= 0.3 is 0 Å². The molecule has 1 aliphatic rings. The molecule has 0 aliphatic carbocycles. The number of hydrogen-bond donors (Lipinski definition) is 1. The Balaban J connectivity index is 1.93. The Bertz CT molecular complexity index is 1030. The number of nitrogen functional groups attached to an aromatic ring is 1. The Morgan fingerprint density at radius 1 is 1.19 bits per heavy atom. The highest BCUT2D eigenvalue weighted by molar-refractivity contribution is 6.11. The third-order valence-corrected chi connectivity index (χ3v) is 4.81. The Morgan fingerprint density at radius 3 is 2.78 bits per heavy atom. The minimum Gasteiger partial charge on any atom is -0.478 e.